The Balaban J connectivity index is 1.81. The van der Waals surface area contributed by atoms with Crippen LogP contribution in [-0.4, -0.2) is 24.3 Å². The molecule has 0 heterocycles. The fourth-order valence-corrected chi connectivity index (χ4v) is 2.02. The molecule has 1 fully saturated rings. The SMILES string of the molecule is CC(C)(CCCCOCCCCC1CC1)C(=O)O. The summed E-state index contributed by atoms with van der Waals surface area (Å²) in [5.74, 6) is 0.326. The van der Waals surface area contributed by atoms with Crippen LogP contribution in [0.25, 0.3) is 0 Å². The molecule has 1 saturated carbocycles. The summed E-state index contributed by atoms with van der Waals surface area (Å²) in [5.41, 5.74) is -0.593. The van der Waals surface area contributed by atoms with Crippen molar-refractivity contribution in [3.8, 4) is 0 Å². The average Bonchev–Trinajstić information content (AvgIpc) is 3.10. The van der Waals surface area contributed by atoms with E-state index in [0.29, 0.717) is 0 Å². The standard InChI is InChI=1S/C15H28O3/c1-15(2,14(16)17)10-4-6-12-18-11-5-3-7-13-8-9-13/h13H,3-12H2,1-2H3,(H,16,17). The average molecular weight is 256 g/mol. The van der Waals surface area contributed by atoms with Crippen molar-refractivity contribution in [1.82, 2.24) is 0 Å². The Morgan fingerprint density at radius 3 is 2.33 bits per heavy atom. The van der Waals surface area contributed by atoms with Gasteiger partial charge in [0, 0.05) is 13.2 Å². The molecule has 0 spiro atoms. The van der Waals surface area contributed by atoms with Gasteiger partial charge < -0.3 is 9.84 Å². The second-order valence-electron chi connectivity index (χ2n) is 6.20. The van der Waals surface area contributed by atoms with Crippen molar-refractivity contribution in [2.24, 2.45) is 11.3 Å². The lowest BCUT2D eigenvalue weighted by Gasteiger charge is -2.18. The van der Waals surface area contributed by atoms with Gasteiger partial charge in [0.15, 0.2) is 0 Å². The van der Waals surface area contributed by atoms with Crippen molar-refractivity contribution in [2.45, 2.75) is 65.2 Å². The van der Waals surface area contributed by atoms with Crippen molar-refractivity contribution in [3.05, 3.63) is 0 Å². The molecule has 0 amide bonds. The van der Waals surface area contributed by atoms with Gasteiger partial charge in [-0.25, -0.2) is 0 Å². The van der Waals surface area contributed by atoms with Gasteiger partial charge in [0.05, 0.1) is 5.41 Å². The molecule has 0 saturated heterocycles. The molecule has 3 heteroatoms. The monoisotopic (exact) mass is 256 g/mol. The number of carboxylic acid groups (broad SMARTS) is 1. The zero-order valence-corrected chi connectivity index (χ0v) is 11.9. The fraction of sp³-hybridized carbons (Fsp3) is 0.933. The normalized spacial score (nSPS) is 15.9. The van der Waals surface area contributed by atoms with Crippen LogP contribution in [0.15, 0.2) is 0 Å². The fourth-order valence-electron chi connectivity index (χ4n) is 2.02. The lowest BCUT2D eigenvalue weighted by Crippen LogP contribution is -2.23. The summed E-state index contributed by atoms with van der Waals surface area (Å²) in [7, 11) is 0. The van der Waals surface area contributed by atoms with E-state index < -0.39 is 11.4 Å². The Morgan fingerprint density at radius 2 is 1.78 bits per heavy atom. The number of carbonyl (C=O) groups is 1. The highest BCUT2D eigenvalue weighted by Crippen LogP contribution is 2.33. The number of unbranched alkanes of at least 4 members (excludes halogenated alkanes) is 2. The van der Waals surface area contributed by atoms with E-state index >= 15 is 0 Å². The van der Waals surface area contributed by atoms with Gasteiger partial charge in [0.2, 0.25) is 0 Å². The maximum Gasteiger partial charge on any atom is 0.309 e. The van der Waals surface area contributed by atoms with E-state index in [1.165, 1.54) is 32.1 Å². The minimum Gasteiger partial charge on any atom is -0.481 e. The summed E-state index contributed by atoms with van der Waals surface area (Å²) in [6.07, 6.45) is 9.39. The second kappa shape index (κ2) is 7.78. The smallest absolute Gasteiger partial charge is 0.309 e. The van der Waals surface area contributed by atoms with Gasteiger partial charge in [-0.05, 0) is 39.0 Å². The second-order valence-corrected chi connectivity index (χ2v) is 6.20. The van der Waals surface area contributed by atoms with E-state index in [1.54, 1.807) is 13.8 Å². The van der Waals surface area contributed by atoms with Crippen LogP contribution in [0.3, 0.4) is 0 Å². The molecule has 0 aromatic carbocycles. The Labute approximate surface area is 111 Å². The Morgan fingerprint density at radius 1 is 1.17 bits per heavy atom. The van der Waals surface area contributed by atoms with E-state index in [4.69, 9.17) is 9.84 Å². The third-order valence-corrected chi connectivity index (χ3v) is 3.77. The third kappa shape index (κ3) is 7.00. The molecular weight excluding hydrogens is 228 g/mol. The summed E-state index contributed by atoms with van der Waals surface area (Å²) in [4.78, 5) is 10.9. The van der Waals surface area contributed by atoms with E-state index in [9.17, 15) is 4.79 Å². The molecule has 0 aromatic rings. The zero-order chi connectivity index (χ0) is 13.4. The Bertz CT molecular complexity index is 244. The van der Waals surface area contributed by atoms with Gasteiger partial charge in [0.25, 0.3) is 0 Å². The molecule has 0 atom stereocenters. The molecule has 1 aliphatic rings. The lowest BCUT2D eigenvalue weighted by atomic mass is 9.87. The summed E-state index contributed by atoms with van der Waals surface area (Å²) in [6, 6.07) is 0. The van der Waals surface area contributed by atoms with Crippen LogP contribution in [0.2, 0.25) is 0 Å². The van der Waals surface area contributed by atoms with Crippen LogP contribution in [0.4, 0.5) is 0 Å². The highest BCUT2D eigenvalue weighted by Gasteiger charge is 2.25. The largest absolute Gasteiger partial charge is 0.481 e. The van der Waals surface area contributed by atoms with Crippen molar-refractivity contribution in [3.63, 3.8) is 0 Å². The highest BCUT2D eigenvalue weighted by molar-refractivity contribution is 5.73. The molecule has 18 heavy (non-hydrogen) atoms. The quantitative estimate of drug-likeness (QED) is 0.571. The predicted molar refractivity (Wildman–Crippen MR) is 72.7 cm³/mol. The molecule has 0 aliphatic heterocycles. The summed E-state index contributed by atoms with van der Waals surface area (Å²) in [6.45, 7) is 5.22. The molecule has 0 radical (unpaired) electrons. The molecule has 3 nitrogen and oxygen atoms in total. The van der Waals surface area contributed by atoms with Gasteiger partial charge in [-0.1, -0.05) is 32.1 Å². The first-order valence-electron chi connectivity index (χ1n) is 7.33. The number of hydrogen-bond acceptors (Lipinski definition) is 2. The van der Waals surface area contributed by atoms with E-state index in [2.05, 4.69) is 0 Å². The summed E-state index contributed by atoms with van der Waals surface area (Å²) >= 11 is 0. The molecule has 1 aliphatic carbocycles. The minimum absolute atomic E-state index is 0.593. The first-order chi connectivity index (χ1) is 8.52. The van der Waals surface area contributed by atoms with Crippen LogP contribution in [0.5, 0.6) is 0 Å². The molecule has 0 bridgehead atoms. The van der Waals surface area contributed by atoms with Gasteiger partial charge in [0.1, 0.15) is 0 Å². The van der Waals surface area contributed by atoms with Crippen molar-refractivity contribution in [2.75, 3.05) is 13.2 Å². The van der Waals surface area contributed by atoms with Gasteiger partial charge in [-0.3, -0.25) is 4.79 Å². The summed E-state index contributed by atoms with van der Waals surface area (Å²) < 4.78 is 5.56. The summed E-state index contributed by atoms with van der Waals surface area (Å²) in [5, 5.41) is 8.96. The molecule has 106 valence electrons. The third-order valence-electron chi connectivity index (χ3n) is 3.77. The number of ether oxygens (including phenoxy) is 1. The Kier molecular flexibility index (Phi) is 6.69. The Hall–Kier alpha value is -0.570. The maximum atomic E-state index is 10.9. The van der Waals surface area contributed by atoms with Crippen molar-refractivity contribution < 1.29 is 14.6 Å². The first-order valence-corrected chi connectivity index (χ1v) is 7.33. The van der Waals surface area contributed by atoms with Crippen molar-refractivity contribution in [1.29, 1.82) is 0 Å². The van der Waals surface area contributed by atoms with E-state index in [1.807, 2.05) is 0 Å². The molecule has 1 rings (SSSR count). The van der Waals surface area contributed by atoms with Gasteiger partial charge >= 0.3 is 5.97 Å². The van der Waals surface area contributed by atoms with Crippen LogP contribution >= 0.6 is 0 Å². The molecule has 0 aromatic heterocycles. The maximum absolute atomic E-state index is 10.9. The number of hydrogen-bond donors (Lipinski definition) is 1. The first kappa shape index (κ1) is 15.5. The lowest BCUT2D eigenvalue weighted by molar-refractivity contribution is -0.147. The van der Waals surface area contributed by atoms with E-state index in [0.717, 1.165) is 38.4 Å². The van der Waals surface area contributed by atoms with Gasteiger partial charge in [-0.2, -0.15) is 0 Å². The number of aliphatic carboxylic acids is 1. The van der Waals surface area contributed by atoms with Crippen LogP contribution in [-0.2, 0) is 9.53 Å². The van der Waals surface area contributed by atoms with Crippen LogP contribution in [0.1, 0.15) is 65.2 Å². The number of carboxylic acids is 1. The predicted octanol–water partition coefficient (Wildman–Crippen LogP) is 3.86. The molecular formula is C15H28O3. The van der Waals surface area contributed by atoms with E-state index in [-0.39, 0.29) is 0 Å². The van der Waals surface area contributed by atoms with Gasteiger partial charge in [-0.15, -0.1) is 0 Å². The van der Waals surface area contributed by atoms with Crippen LogP contribution in [0, 0.1) is 11.3 Å². The topological polar surface area (TPSA) is 46.5 Å². The molecule has 1 N–H and O–H groups in total. The zero-order valence-electron chi connectivity index (χ0n) is 11.9. The molecule has 0 unspecified atom stereocenters. The number of rotatable bonds is 11. The minimum atomic E-state index is -0.705. The van der Waals surface area contributed by atoms with Crippen LogP contribution < -0.4 is 0 Å². The highest BCUT2D eigenvalue weighted by atomic mass is 16.5. The van der Waals surface area contributed by atoms with Crippen molar-refractivity contribution >= 4 is 5.97 Å².